The summed E-state index contributed by atoms with van der Waals surface area (Å²) in [5, 5.41) is 11.9. The molecule has 102 valence electrons. The van der Waals surface area contributed by atoms with E-state index in [4.69, 9.17) is 5.11 Å². The van der Waals surface area contributed by atoms with E-state index in [9.17, 15) is 4.79 Å². The lowest BCUT2D eigenvalue weighted by molar-refractivity contribution is -0.121. The van der Waals surface area contributed by atoms with Crippen LogP contribution in [-0.4, -0.2) is 23.7 Å². The zero-order valence-corrected chi connectivity index (χ0v) is 11.5. The van der Waals surface area contributed by atoms with Crippen LogP contribution in [0, 0.1) is 0 Å². The molecule has 2 N–H and O–H groups in total. The summed E-state index contributed by atoms with van der Waals surface area (Å²) < 4.78 is 0. The Morgan fingerprint density at radius 2 is 1.71 bits per heavy atom. The second-order valence-electron chi connectivity index (χ2n) is 4.86. The molecule has 0 aliphatic heterocycles. The highest BCUT2D eigenvalue weighted by Crippen LogP contribution is 2.06. The van der Waals surface area contributed by atoms with Crippen LogP contribution in [0.3, 0.4) is 0 Å². The first-order valence-corrected chi connectivity index (χ1v) is 7.11. The number of rotatable bonds is 11. The Morgan fingerprint density at radius 3 is 2.29 bits per heavy atom. The van der Waals surface area contributed by atoms with E-state index in [1.807, 2.05) is 0 Å². The normalized spacial score (nSPS) is 12.4. The van der Waals surface area contributed by atoms with Crippen LogP contribution in [0.5, 0.6) is 0 Å². The van der Waals surface area contributed by atoms with Crippen LogP contribution in [0.15, 0.2) is 0 Å². The first-order chi connectivity index (χ1) is 8.16. The van der Waals surface area contributed by atoms with Crippen LogP contribution in [0.2, 0.25) is 0 Å². The minimum Gasteiger partial charge on any atom is -0.393 e. The molecule has 0 bridgehead atoms. The minimum atomic E-state index is -0.376. The standard InChI is InChI=1S/C14H29NO2/c1-3-4-5-6-7-8-9-12-15-14(17)11-10-13(2)16/h13,16H,3-12H2,1-2H3,(H,15,17)/t13-/m1/s1. The number of amides is 1. The molecular formula is C14H29NO2. The summed E-state index contributed by atoms with van der Waals surface area (Å²) >= 11 is 0. The maximum atomic E-state index is 11.3. The summed E-state index contributed by atoms with van der Waals surface area (Å²) in [5.74, 6) is 0.0666. The second kappa shape index (κ2) is 11.9. The highest BCUT2D eigenvalue weighted by atomic mass is 16.3. The number of nitrogens with one attached hydrogen (secondary N) is 1. The van der Waals surface area contributed by atoms with Gasteiger partial charge < -0.3 is 10.4 Å². The van der Waals surface area contributed by atoms with Crippen molar-refractivity contribution in [2.75, 3.05) is 6.54 Å². The summed E-state index contributed by atoms with van der Waals surface area (Å²) in [6.45, 7) is 4.72. The molecule has 0 aromatic rings. The molecule has 3 heteroatoms. The predicted molar refractivity (Wildman–Crippen MR) is 71.9 cm³/mol. The number of carbonyl (C=O) groups excluding carboxylic acids is 1. The Labute approximate surface area is 106 Å². The molecule has 0 aliphatic rings. The lowest BCUT2D eigenvalue weighted by Crippen LogP contribution is -2.25. The summed E-state index contributed by atoms with van der Waals surface area (Å²) in [6, 6.07) is 0. The van der Waals surface area contributed by atoms with Crippen molar-refractivity contribution < 1.29 is 9.90 Å². The van der Waals surface area contributed by atoms with E-state index in [0.29, 0.717) is 12.8 Å². The molecule has 0 aliphatic carbocycles. The zero-order chi connectivity index (χ0) is 12.9. The van der Waals surface area contributed by atoms with Gasteiger partial charge in [0.05, 0.1) is 6.10 Å². The van der Waals surface area contributed by atoms with Gasteiger partial charge in [0.1, 0.15) is 0 Å². The average molecular weight is 243 g/mol. The van der Waals surface area contributed by atoms with Crippen molar-refractivity contribution in [3.8, 4) is 0 Å². The lowest BCUT2D eigenvalue weighted by atomic mass is 10.1. The topological polar surface area (TPSA) is 49.3 Å². The van der Waals surface area contributed by atoms with E-state index in [1.54, 1.807) is 6.92 Å². The van der Waals surface area contributed by atoms with Crippen molar-refractivity contribution in [3.63, 3.8) is 0 Å². The Bertz CT molecular complexity index is 181. The van der Waals surface area contributed by atoms with Crippen LogP contribution < -0.4 is 5.32 Å². The summed E-state index contributed by atoms with van der Waals surface area (Å²) in [4.78, 5) is 11.3. The van der Waals surface area contributed by atoms with Crippen molar-refractivity contribution in [1.82, 2.24) is 5.32 Å². The Balaban J connectivity index is 3.14. The minimum absolute atomic E-state index is 0.0666. The number of unbranched alkanes of at least 4 members (excludes halogenated alkanes) is 6. The molecule has 1 atom stereocenters. The second-order valence-corrected chi connectivity index (χ2v) is 4.86. The largest absolute Gasteiger partial charge is 0.393 e. The third-order valence-electron chi connectivity index (χ3n) is 2.89. The molecule has 3 nitrogen and oxygen atoms in total. The highest BCUT2D eigenvalue weighted by Gasteiger charge is 2.02. The monoisotopic (exact) mass is 243 g/mol. The van der Waals surface area contributed by atoms with Crippen molar-refractivity contribution in [1.29, 1.82) is 0 Å². The summed E-state index contributed by atoms with van der Waals surface area (Å²) in [5.41, 5.74) is 0. The van der Waals surface area contributed by atoms with Crippen molar-refractivity contribution in [2.24, 2.45) is 0 Å². The van der Waals surface area contributed by atoms with Gasteiger partial charge in [-0.2, -0.15) is 0 Å². The quantitative estimate of drug-likeness (QED) is 0.548. The van der Waals surface area contributed by atoms with Crippen molar-refractivity contribution in [2.45, 2.75) is 77.7 Å². The summed E-state index contributed by atoms with van der Waals surface area (Å²) in [6.07, 6.45) is 9.49. The maximum absolute atomic E-state index is 11.3. The Kier molecular flexibility index (Phi) is 11.5. The molecule has 0 unspecified atom stereocenters. The smallest absolute Gasteiger partial charge is 0.220 e. The first kappa shape index (κ1) is 16.4. The van der Waals surface area contributed by atoms with E-state index in [-0.39, 0.29) is 12.0 Å². The van der Waals surface area contributed by atoms with Gasteiger partial charge in [0.15, 0.2) is 0 Å². The molecule has 0 heterocycles. The van der Waals surface area contributed by atoms with E-state index >= 15 is 0 Å². The molecule has 1 amide bonds. The number of hydrogen-bond donors (Lipinski definition) is 2. The Hall–Kier alpha value is -0.570. The van der Waals surface area contributed by atoms with Gasteiger partial charge in [0, 0.05) is 13.0 Å². The van der Waals surface area contributed by atoms with Crippen LogP contribution in [-0.2, 0) is 4.79 Å². The number of carbonyl (C=O) groups is 1. The van der Waals surface area contributed by atoms with E-state index in [1.165, 1.54) is 38.5 Å². The molecule has 0 rings (SSSR count). The molecule has 17 heavy (non-hydrogen) atoms. The fourth-order valence-electron chi connectivity index (χ4n) is 1.74. The van der Waals surface area contributed by atoms with Crippen LogP contribution >= 0.6 is 0 Å². The molecule has 0 saturated carbocycles. The molecule has 0 saturated heterocycles. The van der Waals surface area contributed by atoms with Crippen LogP contribution in [0.4, 0.5) is 0 Å². The van der Waals surface area contributed by atoms with Gasteiger partial charge in [-0.1, -0.05) is 45.4 Å². The third kappa shape index (κ3) is 13.4. The molecular weight excluding hydrogens is 214 g/mol. The van der Waals surface area contributed by atoms with E-state index in [0.717, 1.165) is 13.0 Å². The highest BCUT2D eigenvalue weighted by molar-refractivity contribution is 5.75. The van der Waals surface area contributed by atoms with Gasteiger partial charge in [-0.25, -0.2) is 0 Å². The molecule has 0 spiro atoms. The van der Waals surface area contributed by atoms with Gasteiger partial charge in [-0.05, 0) is 19.8 Å². The first-order valence-electron chi connectivity index (χ1n) is 7.11. The maximum Gasteiger partial charge on any atom is 0.220 e. The molecule has 0 radical (unpaired) electrons. The molecule has 0 fully saturated rings. The van der Waals surface area contributed by atoms with E-state index < -0.39 is 0 Å². The van der Waals surface area contributed by atoms with Crippen LogP contribution in [0.1, 0.15) is 71.6 Å². The molecule has 0 aromatic carbocycles. The summed E-state index contributed by atoms with van der Waals surface area (Å²) in [7, 11) is 0. The SMILES string of the molecule is CCCCCCCCCNC(=O)CC[C@@H](C)O. The average Bonchev–Trinajstić information content (AvgIpc) is 2.30. The van der Waals surface area contributed by atoms with Gasteiger partial charge in [-0.3, -0.25) is 4.79 Å². The Morgan fingerprint density at radius 1 is 1.12 bits per heavy atom. The number of aliphatic hydroxyl groups excluding tert-OH is 1. The zero-order valence-electron chi connectivity index (χ0n) is 11.5. The van der Waals surface area contributed by atoms with Gasteiger partial charge in [-0.15, -0.1) is 0 Å². The third-order valence-corrected chi connectivity index (χ3v) is 2.89. The van der Waals surface area contributed by atoms with Gasteiger partial charge >= 0.3 is 0 Å². The van der Waals surface area contributed by atoms with Gasteiger partial charge in [0.2, 0.25) is 5.91 Å². The van der Waals surface area contributed by atoms with Crippen molar-refractivity contribution >= 4 is 5.91 Å². The fraction of sp³-hybridized carbons (Fsp3) is 0.929. The predicted octanol–water partition coefficient (Wildman–Crippen LogP) is 3.01. The van der Waals surface area contributed by atoms with Crippen LogP contribution in [0.25, 0.3) is 0 Å². The lowest BCUT2D eigenvalue weighted by Gasteiger charge is -2.06. The fourth-order valence-corrected chi connectivity index (χ4v) is 1.74. The number of aliphatic hydroxyl groups is 1. The molecule has 0 aromatic heterocycles. The number of hydrogen-bond acceptors (Lipinski definition) is 2. The van der Waals surface area contributed by atoms with Gasteiger partial charge in [0.25, 0.3) is 0 Å². The van der Waals surface area contributed by atoms with Crippen molar-refractivity contribution in [3.05, 3.63) is 0 Å². The van der Waals surface area contributed by atoms with E-state index in [2.05, 4.69) is 12.2 Å².